The fourth-order valence-electron chi connectivity index (χ4n) is 2.68. The molecule has 1 atom stereocenters. The first kappa shape index (κ1) is 22.4. The number of aromatic nitrogens is 1. The minimum atomic E-state index is -0.300. The van der Waals surface area contributed by atoms with Crippen LogP contribution in [-0.4, -0.2) is 68.1 Å². The Kier molecular flexibility index (Phi) is 9.60. The van der Waals surface area contributed by atoms with Gasteiger partial charge in [-0.3, -0.25) is 9.79 Å². The number of amides is 1. The zero-order valence-electron chi connectivity index (χ0n) is 15.5. The second-order valence-electron chi connectivity index (χ2n) is 6.18. The van der Waals surface area contributed by atoms with E-state index < -0.39 is 0 Å². The zero-order valence-corrected chi connectivity index (χ0v) is 17.9. The van der Waals surface area contributed by atoms with Crippen LogP contribution < -0.4 is 15.5 Å². The molecule has 2 rings (SSSR count). The highest BCUT2D eigenvalue weighted by Crippen LogP contribution is 2.20. The smallest absolute Gasteiger partial charge is 0.223 e. The molecule has 1 aromatic rings. The summed E-state index contributed by atoms with van der Waals surface area (Å²) in [4.78, 5) is 23.7. The number of carbonyl (C=O) groups is 1. The van der Waals surface area contributed by atoms with Crippen molar-refractivity contribution in [3.8, 4) is 0 Å². The molecule has 2 heterocycles. The number of pyridine rings is 1. The van der Waals surface area contributed by atoms with E-state index in [1.165, 1.54) is 6.07 Å². The maximum absolute atomic E-state index is 13.9. The lowest BCUT2D eigenvalue weighted by atomic mass is 10.3. The summed E-state index contributed by atoms with van der Waals surface area (Å²) >= 11 is 0. The summed E-state index contributed by atoms with van der Waals surface area (Å²) in [6.07, 6.45) is 2.85. The van der Waals surface area contributed by atoms with Gasteiger partial charge in [0.2, 0.25) is 5.91 Å². The van der Waals surface area contributed by atoms with Gasteiger partial charge in [0.05, 0.1) is 6.54 Å². The van der Waals surface area contributed by atoms with Crippen LogP contribution in [0.25, 0.3) is 0 Å². The molecule has 1 saturated heterocycles. The number of hydrogen-bond acceptors (Lipinski definition) is 4. The highest BCUT2D eigenvalue weighted by atomic mass is 127. The zero-order chi connectivity index (χ0) is 18.2. The minimum Gasteiger partial charge on any atom is -0.357 e. The summed E-state index contributed by atoms with van der Waals surface area (Å²) in [5.41, 5.74) is 0. The molecule has 7 nitrogen and oxygen atoms in total. The highest BCUT2D eigenvalue weighted by molar-refractivity contribution is 14.0. The van der Waals surface area contributed by atoms with Gasteiger partial charge in [-0.1, -0.05) is 0 Å². The summed E-state index contributed by atoms with van der Waals surface area (Å²) in [7, 11) is 3.47. The third-order valence-corrected chi connectivity index (χ3v) is 4.01. The van der Waals surface area contributed by atoms with E-state index in [1.807, 2.05) is 11.8 Å². The molecule has 9 heteroatoms. The van der Waals surface area contributed by atoms with Gasteiger partial charge in [0, 0.05) is 52.4 Å². The Morgan fingerprint density at radius 1 is 1.50 bits per heavy atom. The third kappa shape index (κ3) is 6.58. The van der Waals surface area contributed by atoms with Gasteiger partial charge < -0.3 is 20.4 Å². The molecule has 146 valence electrons. The number of rotatable bonds is 6. The fourth-order valence-corrected chi connectivity index (χ4v) is 2.68. The Morgan fingerprint density at radius 3 is 2.92 bits per heavy atom. The van der Waals surface area contributed by atoms with E-state index in [2.05, 4.69) is 20.6 Å². The van der Waals surface area contributed by atoms with E-state index >= 15 is 0 Å². The Bertz CT molecular complexity index is 613. The first-order valence-corrected chi connectivity index (χ1v) is 8.61. The molecule has 1 aromatic heterocycles. The van der Waals surface area contributed by atoms with Crippen molar-refractivity contribution in [2.75, 3.05) is 45.2 Å². The van der Waals surface area contributed by atoms with Gasteiger partial charge in [-0.15, -0.1) is 24.0 Å². The summed E-state index contributed by atoms with van der Waals surface area (Å²) in [6.45, 7) is 4.56. The second kappa shape index (κ2) is 11.1. The third-order valence-electron chi connectivity index (χ3n) is 4.01. The van der Waals surface area contributed by atoms with E-state index in [-0.39, 0.29) is 41.7 Å². The monoisotopic (exact) mass is 478 g/mol. The van der Waals surface area contributed by atoms with Crippen molar-refractivity contribution in [1.82, 2.24) is 20.5 Å². The molecule has 1 aliphatic heterocycles. The van der Waals surface area contributed by atoms with Crippen LogP contribution in [-0.2, 0) is 4.79 Å². The SMILES string of the molecule is CCNC(=NCCC(=O)N(C)C)NC1CCN(c2ncccc2F)C1.I. The van der Waals surface area contributed by atoms with Crippen molar-refractivity contribution in [2.24, 2.45) is 4.99 Å². The van der Waals surface area contributed by atoms with Gasteiger partial charge in [0.15, 0.2) is 17.6 Å². The fraction of sp³-hybridized carbons (Fsp3) is 0.588. The molecular weight excluding hydrogens is 450 g/mol. The van der Waals surface area contributed by atoms with E-state index in [0.29, 0.717) is 31.3 Å². The van der Waals surface area contributed by atoms with Crippen molar-refractivity contribution in [3.63, 3.8) is 0 Å². The Balaban J connectivity index is 0.00000338. The molecule has 0 aliphatic carbocycles. The number of nitrogens with zero attached hydrogens (tertiary/aromatic N) is 4. The van der Waals surface area contributed by atoms with Gasteiger partial charge in [-0.25, -0.2) is 9.37 Å². The van der Waals surface area contributed by atoms with Crippen molar-refractivity contribution in [2.45, 2.75) is 25.8 Å². The number of hydrogen-bond donors (Lipinski definition) is 2. The van der Waals surface area contributed by atoms with Gasteiger partial charge in [-0.05, 0) is 25.5 Å². The van der Waals surface area contributed by atoms with Crippen LogP contribution in [0, 0.1) is 5.82 Å². The molecule has 1 fully saturated rings. The lowest BCUT2D eigenvalue weighted by Gasteiger charge is -2.20. The molecular formula is C17H28FIN6O. The summed E-state index contributed by atoms with van der Waals surface area (Å²) in [5.74, 6) is 0.830. The lowest BCUT2D eigenvalue weighted by Crippen LogP contribution is -2.44. The van der Waals surface area contributed by atoms with Crippen LogP contribution in [0.3, 0.4) is 0 Å². The average molecular weight is 478 g/mol. The molecule has 0 aromatic carbocycles. The highest BCUT2D eigenvalue weighted by Gasteiger charge is 2.25. The summed E-state index contributed by atoms with van der Waals surface area (Å²) in [6, 6.07) is 3.18. The van der Waals surface area contributed by atoms with E-state index in [4.69, 9.17) is 0 Å². The number of carbonyl (C=O) groups excluding carboxylic acids is 1. The average Bonchev–Trinajstić information content (AvgIpc) is 3.03. The van der Waals surface area contributed by atoms with Crippen LogP contribution >= 0.6 is 24.0 Å². The van der Waals surface area contributed by atoms with E-state index in [0.717, 1.165) is 19.5 Å². The number of aliphatic imine (C=N–C) groups is 1. The predicted octanol–water partition coefficient (Wildman–Crippen LogP) is 1.45. The maximum Gasteiger partial charge on any atom is 0.223 e. The first-order valence-electron chi connectivity index (χ1n) is 8.61. The normalized spacial score (nSPS) is 16.8. The van der Waals surface area contributed by atoms with Gasteiger partial charge >= 0.3 is 0 Å². The van der Waals surface area contributed by atoms with Crippen LogP contribution in [0.4, 0.5) is 10.2 Å². The first-order chi connectivity index (χ1) is 12.0. The maximum atomic E-state index is 13.9. The second-order valence-corrected chi connectivity index (χ2v) is 6.18. The Labute approximate surface area is 171 Å². The molecule has 2 N–H and O–H groups in total. The molecule has 0 radical (unpaired) electrons. The topological polar surface area (TPSA) is 72.9 Å². The molecule has 1 aliphatic rings. The van der Waals surface area contributed by atoms with Crippen LogP contribution in [0.2, 0.25) is 0 Å². The van der Waals surface area contributed by atoms with Crippen LogP contribution in [0.5, 0.6) is 0 Å². The largest absolute Gasteiger partial charge is 0.357 e. The van der Waals surface area contributed by atoms with Crippen molar-refractivity contribution in [3.05, 3.63) is 24.1 Å². The number of nitrogens with one attached hydrogen (secondary N) is 2. The molecule has 1 unspecified atom stereocenters. The number of halogens is 2. The summed E-state index contributed by atoms with van der Waals surface area (Å²) < 4.78 is 13.9. The van der Waals surface area contributed by atoms with E-state index in [9.17, 15) is 9.18 Å². The molecule has 0 spiro atoms. The van der Waals surface area contributed by atoms with Gasteiger partial charge in [-0.2, -0.15) is 0 Å². The lowest BCUT2D eigenvalue weighted by molar-refractivity contribution is -0.128. The molecule has 0 bridgehead atoms. The Hall–Kier alpha value is -1.65. The molecule has 0 saturated carbocycles. The summed E-state index contributed by atoms with van der Waals surface area (Å²) in [5, 5.41) is 6.55. The number of guanidine groups is 1. The van der Waals surface area contributed by atoms with Crippen molar-refractivity contribution >= 4 is 41.7 Å². The van der Waals surface area contributed by atoms with Crippen LogP contribution in [0.1, 0.15) is 19.8 Å². The van der Waals surface area contributed by atoms with Crippen molar-refractivity contribution in [1.29, 1.82) is 0 Å². The Morgan fingerprint density at radius 2 is 2.27 bits per heavy atom. The van der Waals surface area contributed by atoms with Crippen molar-refractivity contribution < 1.29 is 9.18 Å². The van der Waals surface area contributed by atoms with Crippen LogP contribution in [0.15, 0.2) is 23.3 Å². The molecule has 1 amide bonds. The van der Waals surface area contributed by atoms with E-state index in [1.54, 1.807) is 31.3 Å². The standard InChI is InChI=1S/C17H27FN6O.HI/c1-4-19-17(21-10-7-15(25)23(2)3)22-13-8-11-24(12-13)16-14(18)6-5-9-20-16;/h5-6,9,13H,4,7-8,10-12H2,1-3H3,(H2,19,21,22);1H. The quantitative estimate of drug-likeness (QED) is 0.368. The molecule has 26 heavy (non-hydrogen) atoms. The van der Waals surface area contributed by atoms with Gasteiger partial charge in [0.1, 0.15) is 0 Å². The number of anilines is 1. The predicted molar refractivity (Wildman–Crippen MR) is 113 cm³/mol. The van der Waals surface area contributed by atoms with Gasteiger partial charge in [0.25, 0.3) is 0 Å². The minimum absolute atomic E-state index is 0.